The third kappa shape index (κ3) is 4.45. The van der Waals surface area contributed by atoms with Crippen molar-refractivity contribution in [2.24, 2.45) is 0 Å². The number of nitrogens with one attached hydrogen (secondary N) is 1. The fourth-order valence-corrected chi connectivity index (χ4v) is 3.27. The van der Waals surface area contributed by atoms with Crippen molar-refractivity contribution in [1.82, 2.24) is 10.2 Å². The highest BCUT2D eigenvalue weighted by molar-refractivity contribution is 9.10. The molecule has 0 amide bonds. The molecule has 1 N–H and O–H groups in total. The number of nitrogens with zero attached hydrogens (tertiary/aromatic N) is 1. The van der Waals surface area contributed by atoms with E-state index in [0.717, 1.165) is 35.7 Å². The van der Waals surface area contributed by atoms with Gasteiger partial charge in [-0.3, -0.25) is 4.90 Å². The van der Waals surface area contributed by atoms with Crippen molar-refractivity contribution in [3.8, 4) is 0 Å². The fraction of sp³-hybridized carbons (Fsp3) is 0.600. The van der Waals surface area contributed by atoms with Gasteiger partial charge in [-0.05, 0) is 56.1 Å². The minimum absolute atomic E-state index is 0.652. The molecule has 0 aliphatic carbocycles. The summed E-state index contributed by atoms with van der Waals surface area (Å²) in [5.41, 5.74) is 1.28. The molecule has 1 saturated heterocycles. The molecule has 4 heteroatoms. The van der Waals surface area contributed by atoms with Crippen molar-refractivity contribution in [1.29, 1.82) is 0 Å². The Hall–Kier alpha value is -0.0900. The van der Waals surface area contributed by atoms with E-state index in [-0.39, 0.29) is 0 Å². The van der Waals surface area contributed by atoms with Gasteiger partial charge in [0.05, 0.1) is 0 Å². The van der Waals surface area contributed by atoms with Crippen LogP contribution in [0.25, 0.3) is 0 Å². The summed E-state index contributed by atoms with van der Waals surface area (Å²) in [6, 6.07) is 6.70. The Morgan fingerprint density at radius 2 is 2.32 bits per heavy atom. The van der Waals surface area contributed by atoms with E-state index in [4.69, 9.17) is 11.6 Å². The second-order valence-electron chi connectivity index (χ2n) is 5.21. The summed E-state index contributed by atoms with van der Waals surface area (Å²) in [7, 11) is 0. The van der Waals surface area contributed by atoms with Gasteiger partial charge in [0.1, 0.15) is 0 Å². The minimum atomic E-state index is 0.652. The van der Waals surface area contributed by atoms with Crippen LogP contribution < -0.4 is 5.32 Å². The highest BCUT2D eigenvalue weighted by Crippen LogP contribution is 2.24. The van der Waals surface area contributed by atoms with Crippen LogP contribution in [0, 0.1) is 0 Å². The standard InChI is InChI=1S/C15H22BrClN2/c1-2-8-19(14-4-3-7-18-10-14)11-12-9-13(17)5-6-15(12)16/h5-6,9,14,18H,2-4,7-8,10-11H2,1H3. The Morgan fingerprint density at radius 1 is 1.47 bits per heavy atom. The largest absolute Gasteiger partial charge is 0.315 e. The van der Waals surface area contributed by atoms with E-state index < -0.39 is 0 Å². The molecular formula is C15H22BrClN2. The highest BCUT2D eigenvalue weighted by atomic mass is 79.9. The molecule has 1 aliphatic heterocycles. The van der Waals surface area contributed by atoms with E-state index in [1.807, 2.05) is 12.1 Å². The molecule has 0 saturated carbocycles. The molecule has 106 valence electrons. The molecule has 0 radical (unpaired) electrons. The molecule has 1 aromatic rings. The minimum Gasteiger partial charge on any atom is -0.315 e. The SMILES string of the molecule is CCCN(Cc1cc(Cl)ccc1Br)C1CCCNC1. The third-order valence-corrected chi connectivity index (χ3v) is 4.69. The van der Waals surface area contributed by atoms with Gasteiger partial charge < -0.3 is 5.32 Å². The van der Waals surface area contributed by atoms with Gasteiger partial charge in [-0.25, -0.2) is 0 Å². The summed E-state index contributed by atoms with van der Waals surface area (Å²) in [6.07, 6.45) is 3.77. The first kappa shape index (κ1) is 15.3. The molecule has 0 aromatic heterocycles. The van der Waals surface area contributed by atoms with E-state index in [1.54, 1.807) is 0 Å². The van der Waals surface area contributed by atoms with Crippen molar-refractivity contribution in [2.75, 3.05) is 19.6 Å². The molecule has 1 aromatic carbocycles. The van der Waals surface area contributed by atoms with Gasteiger partial charge in [-0.2, -0.15) is 0 Å². The first-order valence-electron chi connectivity index (χ1n) is 7.09. The number of rotatable bonds is 5. The van der Waals surface area contributed by atoms with E-state index in [9.17, 15) is 0 Å². The monoisotopic (exact) mass is 344 g/mol. The van der Waals surface area contributed by atoms with Crippen molar-refractivity contribution < 1.29 is 0 Å². The van der Waals surface area contributed by atoms with Gasteiger partial charge in [0.25, 0.3) is 0 Å². The molecule has 2 rings (SSSR count). The molecular weight excluding hydrogens is 324 g/mol. The van der Waals surface area contributed by atoms with Gasteiger partial charge in [-0.15, -0.1) is 0 Å². The number of hydrogen-bond donors (Lipinski definition) is 1. The fourth-order valence-electron chi connectivity index (χ4n) is 2.71. The van der Waals surface area contributed by atoms with Crippen LogP contribution in [0.15, 0.2) is 22.7 Å². The summed E-state index contributed by atoms with van der Waals surface area (Å²) < 4.78 is 1.15. The van der Waals surface area contributed by atoms with Gasteiger partial charge in [0, 0.05) is 28.6 Å². The van der Waals surface area contributed by atoms with Gasteiger partial charge in [0.2, 0.25) is 0 Å². The van der Waals surface area contributed by atoms with Crippen LogP contribution in [0.1, 0.15) is 31.7 Å². The van der Waals surface area contributed by atoms with Gasteiger partial charge in [-0.1, -0.05) is 34.5 Å². The summed E-state index contributed by atoms with van der Waals surface area (Å²) in [5, 5.41) is 4.32. The average molecular weight is 346 g/mol. The first-order chi connectivity index (χ1) is 9.20. The second kappa shape index (κ2) is 7.63. The second-order valence-corrected chi connectivity index (χ2v) is 6.50. The maximum absolute atomic E-state index is 6.11. The van der Waals surface area contributed by atoms with Gasteiger partial charge in [0.15, 0.2) is 0 Å². The third-order valence-electron chi connectivity index (χ3n) is 3.68. The Bertz CT molecular complexity index is 405. The zero-order valence-electron chi connectivity index (χ0n) is 11.5. The molecule has 1 heterocycles. The predicted octanol–water partition coefficient (Wildman–Crippen LogP) is 4.07. The Morgan fingerprint density at radius 3 is 3.00 bits per heavy atom. The van der Waals surface area contributed by atoms with E-state index >= 15 is 0 Å². The number of hydrogen-bond acceptors (Lipinski definition) is 2. The van der Waals surface area contributed by atoms with Gasteiger partial charge >= 0.3 is 0 Å². The highest BCUT2D eigenvalue weighted by Gasteiger charge is 2.21. The smallest absolute Gasteiger partial charge is 0.0410 e. The molecule has 1 atom stereocenters. The normalized spacial score (nSPS) is 19.9. The maximum atomic E-state index is 6.11. The zero-order valence-corrected chi connectivity index (χ0v) is 13.8. The molecule has 1 unspecified atom stereocenters. The van der Waals surface area contributed by atoms with Crippen LogP contribution in [0.5, 0.6) is 0 Å². The van der Waals surface area contributed by atoms with Crippen LogP contribution in [-0.2, 0) is 6.54 Å². The predicted molar refractivity (Wildman–Crippen MR) is 85.7 cm³/mol. The quantitative estimate of drug-likeness (QED) is 0.865. The van der Waals surface area contributed by atoms with Crippen LogP contribution in [-0.4, -0.2) is 30.6 Å². The zero-order chi connectivity index (χ0) is 13.7. The number of benzene rings is 1. The number of halogens is 2. The van der Waals surface area contributed by atoms with Crippen molar-refractivity contribution in [2.45, 2.75) is 38.8 Å². The van der Waals surface area contributed by atoms with Crippen LogP contribution in [0.2, 0.25) is 5.02 Å². The lowest BCUT2D eigenvalue weighted by Crippen LogP contribution is -2.45. The summed E-state index contributed by atoms with van der Waals surface area (Å²) in [4.78, 5) is 2.59. The summed E-state index contributed by atoms with van der Waals surface area (Å²) in [6.45, 7) is 6.64. The lowest BCUT2D eigenvalue weighted by atomic mass is 10.0. The molecule has 0 spiro atoms. The summed E-state index contributed by atoms with van der Waals surface area (Å²) in [5.74, 6) is 0. The van der Waals surface area contributed by atoms with E-state index in [0.29, 0.717) is 6.04 Å². The van der Waals surface area contributed by atoms with E-state index in [2.05, 4.69) is 39.1 Å². The lowest BCUT2D eigenvalue weighted by Gasteiger charge is -2.34. The van der Waals surface area contributed by atoms with Crippen molar-refractivity contribution in [3.05, 3.63) is 33.3 Å². The molecule has 19 heavy (non-hydrogen) atoms. The van der Waals surface area contributed by atoms with Crippen LogP contribution in [0.3, 0.4) is 0 Å². The molecule has 0 bridgehead atoms. The van der Waals surface area contributed by atoms with Crippen molar-refractivity contribution in [3.63, 3.8) is 0 Å². The first-order valence-corrected chi connectivity index (χ1v) is 8.26. The van der Waals surface area contributed by atoms with Crippen LogP contribution in [0.4, 0.5) is 0 Å². The van der Waals surface area contributed by atoms with E-state index in [1.165, 1.54) is 24.8 Å². The maximum Gasteiger partial charge on any atom is 0.0410 e. The molecule has 1 fully saturated rings. The Labute approximate surface area is 129 Å². The average Bonchev–Trinajstić information content (AvgIpc) is 2.43. The lowest BCUT2D eigenvalue weighted by molar-refractivity contribution is 0.157. The molecule has 2 nitrogen and oxygen atoms in total. The van der Waals surface area contributed by atoms with Crippen LogP contribution >= 0.6 is 27.5 Å². The summed E-state index contributed by atoms with van der Waals surface area (Å²) >= 11 is 9.74. The molecule has 1 aliphatic rings. The Kier molecular flexibility index (Phi) is 6.14. The topological polar surface area (TPSA) is 15.3 Å². The Balaban J connectivity index is 2.08. The number of piperidine rings is 1. The van der Waals surface area contributed by atoms with Crippen molar-refractivity contribution >= 4 is 27.5 Å².